The Labute approximate surface area is 118 Å². The van der Waals surface area contributed by atoms with E-state index in [9.17, 15) is 9.90 Å². The molecule has 2 rings (SSSR count). The van der Waals surface area contributed by atoms with E-state index in [2.05, 4.69) is 26.5 Å². The summed E-state index contributed by atoms with van der Waals surface area (Å²) in [5, 5.41) is 13.3. The van der Waals surface area contributed by atoms with Crippen molar-refractivity contribution in [3.63, 3.8) is 0 Å². The van der Waals surface area contributed by atoms with Crippen LogP contribution in [0.2, 0.25) is 0 Å². The van der Waals surface area contributed by atoms with Gasteiger partial charge in [0.1, 0.15) is 5.75 Å². The summed E-state index contributed by atoms with van der Waals surface area (Å²) < 4.78 is 0.904. The Bertz CT molecular complexity index is 609. The molecule has 0 saturated carbocycles. The average Bonchev–Trinajstić information content (AvgIpc) is 2.41. The lowest BCUT2D eigenvalue weighted by Gasteiger charge is -2.00. The fourth-order valence-corrected chi connectivity index (χ4v) is 1.69. The zero-order valence-electron chi connectivity index (χ0n) is 9.88. The van der Waals surface area contributed by atoms with Gasteiger partial charge in [0.05, 0.1) is 6.21 Å². The van der Waals surface area contributed by atoms with E-state index in [1.54, 1.807) is 48.5 Å². The summed E-state index contributed by atoms with van der Waals surface area (Å²) in [6.45, 7) is 0. The van der Waals surface area contributed by atoms with Crippen molar-refractivity contribution in [2.24, 2.45) is 5.10 Å². The Morgan fingerprint density at radius 1 is 1.16 bits per heavy atom. The van der Waals surface area contributed by atoms with Crippen molar-refractivity contribution in [2.75, 3.05) is 0 Å². The number of phenols is 1. The molecule has 0 atom stereocenters. The van der Waals surface area contributed by atoms with Crippen LogP contribution in [0.1, 0.15) is 15.9 Å². The van der Waals surface area contributed by atoms with Gasteiger partial charge in [0.25, 0.3) is 5.91 Å². The highest BCUT2D eigenvalue weighted by Gasteiger charge is 2.03. The van der Waals surface area contributed by atoms with E-state index in [-0.39, 0.29) is 11.7 Å². The summed E-state index contributed by atoms with van der Waals surface area (Å²) in [4.78, 5) is 11.7. The highest BCUT2D eigenvalue weighted by atomic mass is 79.9. The number of nitrogens with one attached hydrogen (secondary N) is 1. The molecule has 2 aromatic rings. The topological polar surface area (TPSA) is 61.7 Å². The first kappa shape index (κ1) is 13.3. The van der Waals surface area contributed by atoms with Crippen molar-refractivity contribution in [1.29, 1.82) is 0 Å². The molecule has 96 valence electrons. The minimum atomic E-state index is -0.306. The largest absolute Gasteiger partial charge is 0.507 e. The first-order valence-electron chi connectivity index (χ1n) is 5.54. The highest BCUT2D eigenvalue weighted by molar-refractivity contribution is 9.10. The maximum absolute atomic E-state index is 11.7. The predicted octanol–water partition coefficient (Wildman–Crippen LogP) is 2.92. The van der Waals surface area contributed by atoms with E-state index >= 15 is 0 Å². The van der Waals surface area contributed by atoms with Gasteiger partial charge in [0.15, 0.2) is 0 Å². The lowest BCUT2D eigenvalue weighted by atomic mass is 10.2. The van der Waals surface area contributed by atoms with Crippen LogP contribution in [-0.2, 0) is 0 Å². The molecule has 0 aliphatic rings. The van der Waals surface area contributed by atoms with Crippen LogP contribution in [-0.4, -0.2) is 17.2 Å². The second-order valence-corrected chi connectivity index (χ2v) is 4.68. The van der Waals surface area contributed by atoms with Gasteiger partial charge < -0.3 is 5.11 Å². The number of halogens is 1. The molecule has 0 bridgehead atoms. The number of benzene rings is 2. The molecule has 0 radical (unpaired) electrons. The first-order valence-corrected chi connectivity index (χ1v) is 6.33. The van der Waals surface area contributed by atoms with Gasteiger partial charge in [0.2, 0.25) is 0 Å². The number of para-hydroxylation sites is 1. The number of phenolic OH excluding ortho intramolecular Hbond substituents is 1. The molecule has 0 heterocycles. The van der Waals surface area contributed by atoms with Gasteiger partial charge in [-0.05, 0) is 36.4 Å². The minimum absolute atomic E-state index is 0.115. The third kappa shape index (κ3) is 3.66. The molecule has 2 aromatic carbocycles. The zero-order valence-corrected chi connectivity index (χ0v) is 11.5. The number of nitrogens with zero attached hydrogens (tertiary/aromatic N) is 1. The molecule has 2 N–H and O–H groups in total. The van der Waals surface area contributed by atoms with Gasteiger partial charge in [-0.1, -0.05) is 28.1 Å². The molecule has 0 aliphatic carbocycles. The Balaban J connectivity index is 2.01. The number of hydrogen-bond donors (Lipinski definition) is 2. The standard InChI is InChI=1S/C14H11BrN2O2/c15-12-7-5-10(6-8-12)14(19)17-16-9-11-3-1-2-4-13(11)18/h1-9,18H,(H,17,19). The fourth-order valence-electron chi connectivity index (χ4n) is 1.42. The summed E-state index contributed by atoms with van der Waals surface area (Å²) in [5.74, 6) is -0.191. The molecule has 1 amide bonds. The van der Waals surface area contributed by atoms with Crippen LogP contribution in [0.4, 0.5) is 0 Å². The molecule has 19 heavy (non-hydrogen) atoms. The highest BCUT2D eigenvalue weighted by Crippen LogP contribution is 2.13. The lowest BCUT2D eigenvalue weighted by molar-refractivity contribution is 0.0955. The summed E-state index contributed by atoms with van der Waals surface area (Å²) in [6.07, 6.45) is 1.39. The molecule has 0 aromatic heterocycles. The lowest BCUT2D eigenvalue weighted by Crippen LogP contribution is -2.17. The number of carbonyl (C=O) groups is 1. The predicted molar refractivity (Wildman–Crippen MR) is 77.3 cm³/mol. The molecular formula is C14H11BrN2O2. The molecule has 0 spiro atoms. The van der Waals surface area contributed by atoms with Gasteiger partial charge in [-0.3, -0.25) is 4.79 Å². The quantitative estimate of drug-likeness (QED) is 0.675. The van der Waals surface area contributed by atoms with Gasteiger partial charge in [-0.15, -0.1) is 0 Å². The van der Waals surface area contributed by atoms with Gasteiger partial charge >= 0.3 is 0 Å². The van der Waals surface area contributed by atoms with Crippen LogP contribution < -0.4 is 5.43 Å². The number of hydrazone groups is 1. The minimum Gasteiger partial charge on any atom is -0.507 e. The van der Waals surface area contributed by atoms with Crippen LogP contribution in [0, 0.1) is 0 Å². The molecule has 0 fully saturated rings. The number of amides is 1. The van der Waals surface area contributed by atoms with E-state index in [0.29, 0.717) is 11.1 Å². The maximum Gasteiger partial charge on any atom is 0.271 e. The van der Waals surface area contributed by atoms with E-state index in [0.717, 1.165) is 4.47 Å². The van der Waals surface area contributed by atoms with Gasteiger partial charge in [-0.2, -0.15) is 5.10 Å². The molecule has 4 nitrogen and oxygen atoms in total. The third-order valence-electron chi connectivity index (χ3n) is 2.41. The Morgan fingerprint density at radius 2 is 1.84 bits per heavy atom. The van der Waals surface area contributed by atoms with Crippen molar-refractivity contribution < 1.29 is 9.90 Å². The van der Waals surface area contributed by atoms with Crippen LogP contribution in [0.5, 0.6) is 5.75 Å². The number of hydrogen-bond acceptors (Lipinski definition) is 3. The average molecular weight is 319 g/mol. The Kier molecular flexibility index (Phi) is 4.30. The van der Waals surface area contributed by atoms with Gasteiger partial charge in [-0.25, -0.2) is 5.43 Å². The molecular weight excluding hydrogens is 308 g/mol. The van der Waals surface area contributed by atoms with Crippen molar-refractivity contribution in [2.45, 2.75) is 0 Å². The summed E-state index contributed by atoms with van der Waals surface area (Å²) in [5.41, 5.74) is 3.45. The summed E-state index contributed by atoms with van der Waals surface area (Å²) >= 11 is 3.30. The van der Waals surface area contributed by atoms with Crippen LogP contribution >= 0.6 is 15.9 Å². The van der Waals surface area contributed by atoms with E-state index in [1.807, 2.05) is 0 Å². The zero-order chi connectivity index (χ0) is 13.7. The fraction of sp³-hybridized carbons (Fsp3) is 0. The van der Waals surface area contributed by atoms with Crippen LogP contribution in [0.15, 0.2) is 58.1 Å². The molecule has 5 heteroatoms. The van der Waals surface area contributed by atoms with Crippen molar-refractivity contribution in [3.05, 3.63) is 64.1 Å². The Morgan fingerprint density at radius 3 is 2.53 bits per heavy atom. The monoisotopic (exact) mass is 318 g/mol. The molecule has 0 saturated heterocycles. The normalized spacial score (nSPS) is 10.6. The maximum atomic E-state index is 11.7. The van der Waals surface area contributed by atoms with Crippen molar-refractivity contribution >= 4 is 28.1 Å². The molecule has 0 aliphatic heterocycles. The number of carbonyl (C=O) groups excluding carboxylic acids is 1. The SMILES string of the molecule is O=C(NN=Cc1ccccc1O)c1ccc(Br)cc1. The van der Waals surface area contributed by atoms with E-state index < -0.39 is 0 Å². The smallest absolute Gasteiger partial charge is 0.271 e. The van der Waals surface area contributed by atoms with Crippen LogP contribution in [0.3, 0.4) is 0 Å². The Hall–Kier alpha value is -2.14. The first-order chi connectivity index (χ1) is 9.16. The number of rotatable bonds is 3. The third-order valence-corrected chi connectivity index (χ3v) is 2.94. The molecule has 0 unspecified atom stereocenters. The van der Waals surface area contributed by atoms with E-state index in [4.69, 9.17) is 0 Å². The second kappa shape index (κ2) is 6.15. The van der Waals surface area contributed by atoms with Crippen LogP contribution in [0.25, 0.3) is 0 Å². The second-order valence-electron chi connectivity index (χ2n) is 3.76. The van der Waals surface area contributed by atoms with Gasteiger partial charge in [0, 0.05) is 15.6 Å². The summed E-state index contributed by atoms with van der Waals surface area (Å²) in [7, 11) is 0. The van der Waals surface area contributed by atoms with Crippen molar-refractivity contribution in [3.8, 4) is 5.75 Å². The van der Waals surface area contributed by atoms with Crippen molar-refractivity contribution in [1.82, 2.24) is 5.43 Å². The number of aromatic hydroxyl groups is 1. The summed E-state index contributed by atoms with van der Waals surface area (Å²) in [6, 6.07) is 13.7. The van der Waals surface area contributed by atoms with E-state index in [1.165, 1.54) is 6.21 Å².